The van der Waals surface area contributed by atoms with Crippen LogP contribution in [0.1, 0.15) is 22.8 Å². The Kier molecular flexibility index (Phi) is 5.78. The van der Waals surface area contributed by atoms with E-state index in [0.717, 1.165) is 17.0 Å². The SMILES string of the molecule is C=CCOc1ccc(C(F)(F)F)cc1C(=O)N(C)C(C)C(=O)O. The summed E-state index contributed by atoms with van der Waals surface area (Å²) in [6.45, 7) is 4.65. The highest BCUT2D eigenvalue weighted by atomic mass is 19.4. The number of aliphatic carboxylic acids is 1. The number of carboxylic acids is 1. The van der Waals surface area contributed by atoms with Gasteiger partial charge in [-0.25, -0.2) is 4.79 Å². The highest BCUT2D eigenvalue weighted by molar-refractivity contribution is 5.99. The average molecular weight is 331 g/mol. The number of carbonyl (C=O) groups is 2. The van der Waals surface area contributed by atoms with Crippen molar-refractivity contribution in [1.29, 1.82) is 0 Å². The molecule has 1 atom stereocenters. The zero-order valence-corrected chi connectivity index (χ0v) is 12.6. The Labute approximate surface area is 131 Å². The van der Waals surface area contributed by atoms with Crippen molar-refractivity contribution >= 4 is 11.9 Å². The van der Waals surface area contributed by atoms with Crippen molar-refractivity contribution in [2.75, 3.05) is 13.7 Å². The molecule has 5 nitrogen and oxygen atoms in total. The summed E-state index contributed by atoms with van der Waals surface area (Å²) in [7, 11) is 1.19. The van der Waals surface area contributed by atoms with Crippen LogP contribution >= 0.6 is 0 Å². The number of benzene rings is 1. The number of carbonyl (C=O) groups excluding carboxylic acids is 1. The van der Waals surface area contributed by atoms with Crippen molar-refractivity contribution < 1.29 is 32.6 Å². The molecule has 0 heterocycles. The number of nitrogens with zero attached hydrogens (tertiary/aromatic N) is 1. The molecule has 1 aromatic rings. The van der Waals surface area contributed by atoms with Gasteiger partial charge in [0.15, 0.2) is 0 Å². The molecule has 126 valence electrons. The zero-order chi connectivity index (χ0) is 17.8. The van der Waals surface area contributed by atoms with Gasteiger partial charge in [0, 0.05) is 7.05 Å². The van der Waals surface area contributed by atoms with Crippen molar-refractivity contribution in [1.82, 2.24) is 4.90 Å². The lowest BCUT2D eigenvalue weighted by atomic mass is 10.1. The van der Waals surface area contributed by atoms with E-state index in [4.69, 9.17) is 9.84 Å². The third-order valence-electron chi connectivity index (χ3n) is 3.15. The maximum Gasteiger partial charge on any atom is 0.416 e. The van der Waals surface area contributed by atoms with Gasteiger partial charge in [0.2, 0.25) is 0 Å². The number of amides is 1. The summed E-state index contributed by atoms with van der Waals surface area (Å²) in [5.74, 6) is -2.24. The zero-order valence-electron chi connectivity index (χ0n) is 12.6. The lowest BCUT2D eigenvalue weighted by Crippen LogP contribution is -2.40. The molecule has 1 aromatic carbocycles. The first-order chi connectivity index (χ1) is 10.6. The molecule has 1 unspecified atom stereocenters. The van der Waals surface area contributed by atoms with Crippen LogP contribution in [-0.2, 0) is 11.0 Å². The Bertz CT molecular complexity index is 613. The first kappa shape index (κ1) is 18.5. The lowest BCUT2D eigenvalue weighted by molar-refractivity contribution is -0.141. The van der Waals surface area contributed by atoms with Crippen LogP contribution in [0.5, 0.6) is 5.75 Å². The first-order valence-electron chi connectivity index (χ1n) is 6.54. The molecule has 0 spiro atoms. The molecule has 23 heavy (non-hydrogen) atoms. The number of halogens is 3. The summed E-state index contributed by atoms with van der Waals surface area (Å²) >= 11 is 0. The van der Waals surface area contributed by atoms with E-state index in [-0.39, 0.29) is 17.9 Å². The predicted octanol–water partition coefficient (Wildman–Crippen LogP) is 2.82. The quantitative estimate of drug-likeness (QED) is 0.814. The Morgan fingerprint density at radius 2 is 2.04 bits per heavy atom. The van der Waals surface area contributed by atoms with Gasteiger partial charge >= 0.3 is 12.1 Å². The average Bonchev–Trinajstić information content (AvgIpc) is 2.49. The van der Waals surface area contributed by atoms with Gasteiger partial charge in [-0.05, 0) is 25.1 Å². The van der Waals surface area contributed by atoms with Gasteiger partial charge in [0.1, 0.15) is 18.4 Å². The smallest absolute Gasteiger partial charge is 0.416 e. The summed E-state index contributed by atoms with van der Waals surface area (Å²) in [6.07, 6.45) is -3.27. The van der Waals surface area contributed by atoms with Crippen molar-refractivity contribution in [3.8, 4) is 5.75 Å². The second-order valence-corrected chi connectivity index (χ2v) is 4.74. The standard InChI is InChI=1S/C15H16F3NO4/c1-4-7-23-12-6-5-10(15(16,17)18)8-11(12)13(20)19(3)9(2)14(21)22/h4-6,8-9H,1,7H2,2-3H3,(H,21,22). The van der Waals surface area contributed by atoms with Crippen LogP contribution in [0.15, 0.2) is 30.9 Å². The monoisotopic (exact) mass is 331 g/mol. The fourth-order valence-electron chi connectivity index (χ4n) is 1.68. The number of hydrogen-bond donors (Lipinski definition) is 1. The maximum atomic E-state index is 12.8. The van der Waals surface area contributed by atoms with Gasteiger partial charge < -0.3 is 14.7 Å². The molecule has 0 aliphatic heterocycles. The number of rotatable bonds is 6. The minimum absolute atomic E-state index is 0.0101. The second-order valence-electron chi connectivity index (χ2n) is 4.74. The van der Waals surface area contributed by atoms with Gasteiger partial charge in [-0.15, -0.1) is 0 Å². The molecule has 0 bridgehead atoms. The van der Waals surface area contributed by atoms with E-state index < -0.39 is 29.7 Å². The van der Waals surface area contributed by atoms with Gasteiger partial charge in [-0.2, -0.15) is 13.2 Å². The second kappa shape index (κ2) is 7.17. The molecule has 1 amide bonds. The number of likely N-dealkylation sites (N-methyl/N-ethyl adjacent to an activating group) is 1. The van der Waals surface area contributed by atoms with Crippen LogP contribution in [-0.4, -0.2) is 41.6 Å². The first-order valence-corrected chi connectivity index (χ1v) is 6.54. The van der Waals surface area contributed by atoms with Crippen LogP contribution in [0.2, 0.25) is 0 Å². The van der Waals surface area contributed by atoms with E-state index in [1.165, 1.54) is 20.0 Å². The molecule has 0 saturated carbocycles. The van der Waals surface area contributed by atoms with E-state index in [2.05, 4.69) is 6.58 Å². The minimum Gasteiger partial charge on any atom is -0.489 e. The van der Waals surface area contributed by atoms with E-state index in [9.17, 15) is 22.8 Å². The number of hydrogen-bond acceptors (Lipinski definition) is 3. The van der Waals surface area contributed by atoms with Crippen molar-refractivity contribution in [2.45, 2.75) is 19.1 Å². The topological polar surface area (TPSA) is 66.8 Å². The molecule has 0 saturated heterocycles. The molecule has 0 aromatic heterocycles. The third-order valence-corrected chi connectivity index (χ3v) is 3.15. The summed E-state index contributed by atoms with van der Waals surface area (Å²) in [5.41, 5.74) is -1.39. The molecule has 8 heteroatoms. The molecule has 0 radical (unpaired) electrons. The van der Waals surface area contributed by atoms with Crippen molar-refractivity contribution in [2.24, 2.45) is 0 Å². The molecule has 0 aliphatic rings. The number of ether oxygens (including phenoxy) is 1. The van der Waals surface area contributed by atoms with E-state index >= 15 is 0 Å². The summed E-state index contributed by atoms with van der Waals surface area (Å²) in [4.78, 5) is 24.1. The summed E-state index contributed by atoms with van der Waals surface area (Å²) in [6, 6.07) is 1.25. The Morgan fingerprint density at radius 3 is 2.52 bits per heavy atom. The predicted molar refractivity (Wildman–Crippen MR) is 76.3 cm³/mol. The van der Waals surface area contributed by atoms with Crippen molar-refractivity contribution in [3.05, 3.63) is 42.0 Å². The number of carboxylic acid groups (broad SMARTS) is 1. The van der Waals surface area contributed by atoms with Crippen LogP contribution in [0.3, 0.4) is 0 Å². The molecule has 1 rings (SSSR count). The number of alkyl halides is 3. The Hall–Kier alpha value is -2.51. The fraction of sp³-hybridized carbons (Fsp3) is 0.333. The normalized spacial score (nSPS) is 12.4. The summed E-state index contributed by atoms with van der Waals surface area (Å²) < 4.78 is 43.7. The molecule has 0 fully saturated rings. The van der Waals surface area contributed by atoms with E-state index in [0.29, 0.717) is 6.07 Å². The van der Waals surface area contributed by atoms with E-state index in [1.54, 1.807) is 0 Å². The maximum absolute atomic E-state index is 12.8. The molecular weight excluding hydrogens is 315 g/mol. The minimum atomic E-state index is -4.64. The fourth-order valence-corrected chi connectivity index (χ4v) is 1.68. The van der Waals surface area contributed by atoms with Gasteiger partial charge in [-0.1, -0.05) is 12.7 Å². The van der Waals surface area contributed by atoms with Crippen LogP contribution in [0.25, 0.3) is 0 Å². The molecule has 0 aliphatic carbocycles. The Morgan fingerprint density at radius 1 is 1.43 bits per heavy atom. The van der Waals surface area contributed by atoms with Crippen molar-refractivity contribution in [3.63, 3.8) is 0 Å². The van der Waals surface area contributed by atoms with Gasteiger partial charge in [0.25, 0.3) is 5.91 Å². The highest BCUT2D eigenvalue weighted by Crippen LogP contribution is 2.33. The lowest BCUT2D eigenvalue weighted by Gasteiger charge is -2.23. The van der Waals surface area contributed by atoms with Crippen LogP contribution in [0, 0.1) is 0 Å². The summed E-state index contributed by atoms with van der Waals surface area (Å²) in [5, 5.41) is 8.92. The van der Waals surface area contributed by atoms with Gasteiger partial charge in [-0.3, -0.25) is 4.79 Å². The Balaban J connectivity index is 3.30. The largest absolute Gasteiger partial charge is 0.489 e. The van der Waals surface area contributed by atoms with Crippen LogP contribution < -0.4 is 4.74 Å². The van der Waals surface area contributed by atoms with E-state index in [1.807, 2.05) is 0 Å². The molecule has 1 N–H and O–H groups in total. The third kappa shape index (κ3) is 4.48. The molecular formula is C15H16F3NO4. The van der Waals surface area contributed by atoms with Crippen LogP contribution in [0.4, 0.5) is 13.2 Å². The van der Waals surface area contributed by atoms with Gasteiger partial charge in [0.05, 0.1) is 11.1 Å². The highest BCUT2D eigenvalue weighted by Gasteiger charge is 2.33.